The van der Waals surface area contributed by atoms with Gasteiger partial charge in [0.15, 0.2) is 0 Å². The molecule has 0 aliphatic rings. The number of hydrogen-bond donors (Lipinski definition) is 2. The first-order chi connectivity index (χ1) is 14.3. The Morgan fingerprint density at radius 3 is 2.70 bits per heavy atom. The molecule has 0 fully saturated rings. The molecule has 0 aliphatic carbocycles. The van der Waals surface area contributed by atoms with E-state index in [9.17, 15) is 9.59 Å². The molecule has 8 nitrogen and oxygen atoms in total. The van der Waals surface area contributed by atoms with Crippen molar-refractivity contribution in [2.45, 2.75) is 46.4 Å². The van der Waals surface area contributed by atoms with Crippen LogP contribution < -0.4 is 15.6 Å². The number of nitrogens with zero attached hydrogens (tertiary/aromatic N) is 2. The first-order valence-corrected chi connectivity index (χ1v) is 9.83. The maximum absolute atomic E-state index is 13.2. The normalized spacial score (nSPS) is 13.3. The quantitative estimate of drug-likeness (QED) is 0.622. The van der Waals surface area contributed by atoms with Gasteiger partial charge in [0.1, 0.15) is 11.4 Å². The van der Waals surface area contributed by atoms with Crippen LogP contribution in [-0.2, 0) is 11.3 Å². The summed E-state index contributed by atoms with van der Waals surface area (Å²) < 4.78 is 12.8. The number of carbonyl (C=O) groups is 1. The standard InChI is InChI=1S/C22H28N4O4/c1-12-10-18(30-6)17(21(27)25-12)11-24-22(28)19-14(3)26(13(2)15(4)29-5)20-16(19)8-7-9-23-20/h7-10,13,15H,11H2,1-6H3,(H,24,28)(H,25,27). The molecule has 160 valence electrons. The fourth-order valence-corrected chi connectivity index (χ4v) is 3.74. The lowest BCUT2D eigenvalue weighted by Gasteiger charge is -2.22. The topological polar surface area (TPSA) is 98.2 Å². The first kappa shape index (κ1) is 21.6. The van der Waals surface area contributed by atoms with Crippen molar-refractivity contribution in [3.8, 4) is 5.75 Å². The van der Waals surface area contributed by atoms with Gasteiger partial charge in [-0.2, -0.15) is 0 Å². The zero-order chi connectivity index (χ0) is 22.0. The van der Waals surface area contributed by atoms with E-state index in [2.05, 4.69) is 15.3 Å². The monoisotopic (exact) mass is 412 g/mol. The second kappa shape index (κ2) is 8.71. The van der Waals surface area contributed by atoms with E-state index < -0.39 is 0 Å². The van der Waals surface area contributed by atoms with Gasteiger partial charge in [-0.15, -0.1) is 0 Å². The Kier molecular flexibility index (Phi) is 6.26. The van der Waals surface area contributed by atoms with Crippen LogP contribution in [0.5, 0.6) is 5.75 Å². The highest BCUT2D eigenvalue weighted by Crippen LogP contribution is 2.29. The van der Waals surface area contributed by atoms with Crippen LogP contribution >= 0.6 is 0 Å². The summed E-state index contributed by atoms with van der Waals surface area (Å²) in [5.74, 6) is 0.170. The summed E-state index contributed by atoms with van der Waals surface area (Å²) in [5.41, 5.74) is 2.84. The van der Waals surface area contributed by atoms with Crippen molar-refractivity contribution in [3.63, 3.8) is 0 Å². The molecular formula is C22H28N4O4. The number of rotatable bonds is 7. The third kappa shape index (κ3) is 3.82. The van der Waals surface area contributed by atoms with E-state index in [0.29, 0.717) is 22.6 Å². The second-order valence-electron chi connectivity index (χ2n) is 7.40. The van der Waals surface area contributed by atoms with Crippen molar-refractivity contribution in [1.29, 1.82) is 0 Å². The molecule has 2 atom stereocenters. The molecule has 2 N–H and O–H groups in total. The minimum atomic E-state index is -0.282. The lowest BCUT2D eigenvalue weighted by atomic mass is 10.1. The van der Waals surface area contributed by atoms with Gasteiger partial charge in [-0.25, -0.2) is 4.98 Å². The zero-order valence-corrected chi connectivity index (χ0v) is 18.2. The van der Waals surface area contributed by atoms with Gasteiger partial charge in [0.25, 0.3) is 11.5 Å². The average molecular weight is 412 g/mol. The van der Waals surface area contributed by atoms with Crippen molar-refractivity contribution >= 4 is 16.9 Å². The third-order valence-electron chi connectivity index (χ3n) is 5.57. The van der Waals surface area contributed by atoms with E-state index in [4.69, 9.17) is 9.47 Å². The fourth-order valence-electron chi connectivity index (χ4n) is 3.74. The number of hydrogen-bond acceptors (Lipinski definition) is 5. The molecule has 0 radical (unpaired) electrons. The molecule has 30 heavy (non-hydrogen) atoms. The summed E-state index contributed by atoms with van der Waals surface area (Å²) in [6.07, 6.45) is 1.65. The molecule has 0 bridgehead atoms. The number of aromatic amines is 1. The summed E-state index contributed by atoms with van der Waals surface area (Å²) in [4.78, 5) is 32.7. The van der Waals surface area contributed by atoms with Gasteiger partial charge in [0.05, 0.1) is 36.9 Å². The van der Waals surface area contributed by atoms with Crippen LogP contribution in [0.4, 0.5) is 0 Å². The van der Waals surface area contributed by atoms with Gasteiger partial charge in [-0.05, 0) is 45.9 Å². The molecule has 3 aromatic rings. The number of pyridine rings is 2. The van der Waals surface area contributed by atoms with Crippen LogP contribution in [-0.4, -0.2) is 40.8 Å². The van der Waals surface area contributed by atoms with E-state index in [0.717, 1.165) is 16.7 Å². The second-order valence-corrected chi connectivity index (χ2v) is 7.40. The Morgan fingerprint density at radius 1 is 1.30 bits per heavy atom. The maximum Gasteiger partial charge on any atom is 0.256 e. The lowest BCUT2D eigenvalue weighted by Crippen LogP contribution is -2.28. The largest absolute Gasteiger partial charge is 0.496 e. The van der Waals surface area contributed by atoms with Gasteiger partial charge >= 0.3 is 0 Å². The van der Waals surface area contributed by atoms with Crippen LogP contribution in [0, 0.1) is 13.8 Å². The number of carbonyl (C=O) groups excluding carboxylic acids is 1. The van der Waals surface area contributed by atoms with Crippen LogP contribution in [0.25, 0.3) is 11.0 Å². The number of amides is 1. The molecule has 3 aromatic heterocycles. The van der Waals surface area contributed by atoms with Gasteiger partial charge in [-0.1, -0.05) is 0 Å². The van der Waals surface area contributed by atoms with E-state index in [1.54, 1.807) is 32.4 Å². The van der Waals surface area contributed by atoms with Crippen molar-refractivity contribution in [2.24, 2.45) is 0 Å². The molecule has 1 amide bonds. The number of aromatic nitrogens is 3. The van der Waals surface area contributed by atoms with Gasteiger partial charge < -0.3 is 24.3 Å². The summed E-state index contributed by atoms with van der Waals surface area (Å²) >= 11 is 0. The number of H-pyrrole nitrogens is 1. The SMILES string of the molecule is COc1cc(C)[nH]c(=O)c1CNC(=O)c1c(C)n(C(C)C(C)OC)c2ncccc12. The minimum Gasteiger partial charge on any atom is -0.496 e. The van der Waals surface area contributed by atoms with Gasteiger partial charge in [0.2, 0.25) is 0 Å². The van der Waals surface area contributed by atoms with Crippen LogP contribution in [0.1, 0.15) is 47.2 Å². The minimum absolute atomic E-state index is 0.0195. The predicted octanol–water partition coefficient (Wildman–Crippen LogP) is 2.88. The highest BCUT2D eigenvalue weighted by Gasteiger charge is 2.25. The Bertz CT molecular complexity index is 1130. The Balaban J connectivity index is 1.99. The summed E-state index contributed by atoms with van der Waals surface area (Å²) in [6.45, 7) is 7.74. The average Bonchev–Trinajstić information content (AvgIpc) is 3.02. The van der Waals surface area contributed by atoms with Crippen LogP contribution in [0.3, 0.4) is 0 Å². The van der Waals surface area contributed by atoms with E-state index >= 15 is 0 Å². The molecule has 0 aromatic carbocycles. The van der Waals surface area contributed by atoms with Crippen LogP contribution in [0.15, 0.2) is 29.2 Å². The van der Waals surface area contributed by atoms with Crippen LogP contribution in [0.2, 0.25) is 0 Å². The van der Waals surface area contributed by atoms with E-state index in [1.165, 1.54) is 7.11 Å². The summed E-state index contributed by atoms with van der Waals surface area (Å²) in [5, 5.41) is 3.62. The third-order valence-corrected chi connectivity index (χ3v) is 5.57. The molecule has 0 aliphatic heterocycles. The first-order valence-electron chi connectivity index (χ1n) is 9.83. The van der Waals surface area contributed by atoms with Crippen molar-refractivity contribution in [1.82, 2.24) is 19.9 Å². The van der Waals surface area contributed by atoms with E-state index in [-0.39, 0.29) is 30.2 Å². The number of ether oxygens (including phenoxy) is 2. The Labute approximate surface area is 175 Å². The molecule has 3 rings (SSSR count). The molecule has 8 heteroatoms. The van der Waals surface area contributed by atoms with E-state index in [1.807, 2.05) is 31.4 Å². The van der Waals surface area contributed by atoms with Gasteiger partial charge in [-0.3, -0.25) is 9.59 Å². The molecule has 0 spiro atoms. The molecule has 0 saturated heterocycles. The summed E-state index contributed by atoms with van der Waals surface area (Å²) in [7, 11) is 3.16. The van der Waals surface area contributed by atoms with Crippen molar-refractivity contribution < 1.29 is 14.3 Å². The summed E-state index contributed by atoms with van der Waals surface area (Å²) in [6, 6.07) is 5.40. The fraction of sp³-hybridized carbons (Fsp3) is 0.409. The molecule has 2 unspecified atom stereocenters. The smallest absolute Gasteiger partial charge is 0.256 e. The lowest BCUT2D eigenvalue weighted by molar-refractivity contribution is 0.0781. The molecular weight excluding hydrogens is 384 g/mol. The Hall–Kier alpha value is -3.13. The Morgan fingerprint density at radius 2 is 2.03 bits per heavy atom. The number of aryl methyl sites for hydroxylation is 1. The predicted molar refractivity (Wildman–Crippen MR) is 115 cm³/mol. The number of nitrogens with one attached hydrogen (secondary N) is 2. The highest BCUT2D eigenvalue weighted by atomic mass is 16.5. The van der Waals surface area contributed by atoms with Gasteiger partial charge in [0, 0.05) is 30.1 Å². The maximum atomic E-state index is 13.2. The number of fused-ring (bicyclic) bond motifs is 1. The van der Waals surface area contributed by atoms with Crippen molar-refractivity contribution in [3.05, 3.63) is 57.3 Å². The highest BCUT2D eigenvalue weighted by molar-refractivity contribution is 6.07. The van der Waals surface area contributed by atoms with Crippen molar-refractivity contribution in [2.75, 3.05) is 14.2 Å². The molecule has 0 saturated carbocycles. The molecule has 3 heterocycles. The zero-order valence-electron chi connectivity index (χ0n) is 18.2. The number of methoxy groups -OCH3 is 2.